The molecule has 4 nitrogen and oxygen atoms in total. The first-order chi connectivity index (χ1) is 7.35. The van der Waals surface area contributed by atoms with Crippen molar-refractivity contribution in [2.45, 2.75) is 34.6 Å². The van der Waals surface area contributed by atoms with E-state index >= 15 is 0 Å². The molecule has 0 fully saturated rings. The van der Waals surface area contributed by atoms with Crippen molar-refractivity contribution in [3.63, 3.8) is 0 Å². The minimum Gasteiger partial charge on any atom is -0.461 e. The third kappa shape index (κ3) is 4.47. The van der Waals surface area contributed by atoms with E-state index in [9.17, 15) is 9.59 Å². The van der Waals surface area contributed by atoms with Gasteiger partial charge in [-0.1, -0.05) is 27.7 Å². The molecule has 0 aliphatic heterocycles. The van der Waals surface area contributed by atoms with Crippen LogP contribution in [0, 0.1) is 11.3 Å². The zero-order chi connectivity index (χ0) is 12.8. The Bertz CT molecular complexity index is 280. The van der Waals surface area contributed by atoms with E-state index in [1.165, 1.54) is 0 Å². The van der Waals surface area contributed by atoms with Gasteiger partial charge in [-0.15, -0.1) is 0 Å². The molecule has 0 saturated heterocycles. The zero-order valence-corrected chi connectivity index (χ0v) is 10.7. The fourth-order valence-corrected chi connectivity index (χ4v) is 0.971. The van der Waals surface area contributed by atoms with Crippen molar-refractivity contribution in [2.75, 3.05) is 6.61 Å². The quantitative estimate of drug-likeness (QED) is 0.428. The summed E-state index contributed by atoms with van der Waals surface area (Å²) < 4.78 is 4.85. The molecule has 0 saturated carbocycles. The van der Waals surface area contributed by atoms with Crippen molar-refractivity contribution in [1.82, 2.24) is 5.32 Å². The minimum absolute atomic E-state index is 0.182. The molecule has 0 aromatic heterocycles. The molecule has 0 heterocycles. The standard InChI is InChI=1S/C12H21NO3/c1-6-16-11(15)10(13-8-14)7-12(4,5)9(2)3/h7-9H,6H2,1-5H3,(H,13,14)/b10-7+. The second-order valence-electron chi connectivity index (χ2n) is 4.52. The largest absolute Gasteiger partial charge is 0.461 e. The monoisotopic (exact) mass is 227 g/mol. The molecule has 0 radical (unpaired) electrons. The van der Waals surface area contributed by atoms with E-state index < -0.39 is 5.97 Å². The molecule has 0 aliphatic rings. The number of ether oxygens (including phenoxy) is 1. The molecule has 0 aromatic rings. The van der Waals surface area contributed by atoms with Gasteiger partial charge < -0.3 is 10.1 Å². The molecule has 4 heteroatoms. The Morgan fingerprint density at radius 3 is 2.38 bits per heavy atom. The molecule has 0 aliphatic carbocycles. The Kier molecular flexibility index (Phi) is 5.78. The average Bonchev–Trinajstić information content (AvgIpc) is 2.17. The number of carbonyl (C=O) groups is 2. The molecule has 0 atom stereocenters. The number of amides is 1. The van der Waals surface area contributed by atoms with Gasteiger partial charge in [0.05, 0.1) is 6.61 Å². The van der Waals surface area contributed by atoms with Crippen LogP contribution < -0.4 is 5.32 Å². The van der Waals surface area contributed by atoms with Crippen molar-refractivity contribution in [2.24, 2.45) is 11.3 Å². The highest BCUT2D eigenvalue weighted by Crippen LogP contribution is 2.28. The van der Waals surface area contributed by atoms with E-state index in [0.29, 0.717) is 18.9 Å². The first kappa shape index (κ1) is 14.7. The maximum atomic E-state index is 11.5. The molecule has 0 rings (SSSR count). The molecule has 0 bridgehead atoms. The summed E-state index contributed by atoms with van der Waals surface area (Å²) in [5.41, 5.74) is 0.0218. The van der Waals surface area contributed by atoms with E-state index in [2.05, 4.69) is 19.2 Å². The van der Waals surface area contributed by atoms with Gasteiger partial charge in [0.15, 0.2) is 0 Å². The lowest BCUT2D eigenvalue weighted by molar-refractivity contribution is -0.139. The van der Waals surface area contributed by atoms with Crippen LogP contribution in [0.1, 0.15) is 34.6 Å². The van der Waals surface area contributed by atoms with Crippen LogP contribution in [-0.2, 0) is 14.3 Å². The van der Waals surface area contributed by atoms with Gasteiger partial charge in [0.2, 0.25) is 6.41 Å². The Balaban J connectivity index is 4.96. The summed E-state index contributed by atoms with van der Waals surface area (Å²) in [4.78, 5) is 21.9. The van der Waals surface area contributed by atoms with E-state index in [4.69, 9.17) is 4.74 Å². The fraction of sp³-hybridized carbons (Fsp3) is 0.667. The van der Waals surface area contributed by atoms with Crippen LogP contribution in [0.4, 0.5) is 0 Å². The lowest BCUT2D eigenvalue weighted by atomic mass is 9.80. The van der Waals surface area contributed by atoms with Crippen LogP contribution in [0.2, 0.25) is 0 Å². The zero-order valence-electron chi connectivity index (χ0n) is 10.7. The van der Waals surface area contributed by atoms with Gasteiger partial charge in [-0.05, 0) is 24.3 Å². The molecule has 1 amide bonds. The normalized spacial score (nSPS) is 12.5. The number of esters is 1. The summed E-state index contributed by atoms with van der Waals surface area (Å²) in [5, 5.41) is 2.38. The summed E-state index contributed by atoms with van der Waals surface area (Å²) in [6, 6.07) is 0. The third-order valence-corrected chi connectivity index (χ3v) is 2.71. The van der Waals surface area contributed by atoms with Crippen LogP contribution in [0.25, 0.3) is 0 Å². The molecule has 0 spiro atoms. The SMILES string of the molecule is CCOC(=O)/C(=C\C(C)(C)C(C)C)NC=O. The molecule has 92 valence electrons. The fourth-order valence-electron chi connectivity index (χ4n) is 0.971. The number of allylic oxidation sites excluding steroid dienone is 1. The highest BCUT2D eigenvalue weighted by molar-refractivity contribution is 5.90. The van der Waals surface area contributed by atoms with Crippen molar-refractivity contribution < 1.29 is 14.3 Å². The maximum Gasteiger partial charge on any atom is 0.354 e. The highest BCUT2D eigenvalue weighted by Gasteiger charge is 2.23. The summed E-state index contributed by atoms with van der Waals surface area (Å²) >= 11 is 0. The Labute approximate surface area is 97.1 Å². The number of hydrogen-bond donors (Lipinski definition) is 1. The first-order valence-corrected chi connectivity index (χ1v) is 5.45. The van der Waals surface area contributed by atoms with Gasteiger partial charge in [0.1, 0.15) is 5.70 Å². The van der Waals surface area contributed by atoms with Crippen LogP contribution >= 0.6 is 0 Å². The van der Waals surface area contributed by atoms with Gasteiger partial charge in [0, 0.05) is 0 Å². The van der Waals surface area contributed by atoms with E-state index in [1.807, 2.05) is 13.8 Å². The molecular weight excluding hydrogens is 206 g/mol. The van der Waals surface area contributed by atoms with E-state index in [-0.39, 0.29) is 11.1 Å². The lowest BCUT2D eigenvalue weighted by Crippen LogP contribution is -2.26. The predicted octanol–water partition coefficient (Wildman–Crippen LogP) is 1.86. The van der Waals surface area contributed by atoms with E-state index in [1.54, 1.807) is 13.0 Å². The second-order valence-corrected chi connectivity index (χ2v) is 4.52. The number of hydrogen-bond acceptors (Lipinski definition) is 3. The third-order valence-electron chi connectivity index (χ3n) is 2.71. The van der Waals surface area contributed by atoms with Crippen LogP contribution in [0.3, 0.4) is 0 Å². The van der Waals surface area contributed by atoms with Crippen molar-refractivity contribution in [3.8, 4) is 0 Å². The second kappa shape index (κ2) is 6.30. The van der Waals surface area contributed by atoms with Crippen molar-refractivity contribution in [1.29, 1.82) is 0 Å². The van der Waals surface area contributed by atoms with Gasteiger partial charge >= 0.3 is 5.97 Å². The number of rotatable bonds is 6. The average molecular weight is 227 g/mol. The van der Waals surface area contributed by atoms with Crippen molar-refractivity contribution >= 4 is 12.4 Å². The predicted molar refractivity (Wildman–Crippen MR) is 62.5 cm³/mol. The first-order valence-electron chi connectivity index (χ1n) is 5.45. The van der Waals surface area contributed by atoms with Crippen LogP contribution in [0.15, 0.2) is 11.8 Å². The molecule has 16 heavy (non-hydrogen) atoms. The van der Waals surface area contributed by atoms with Crippen LogP contribution in [0.5, 0.6) is 0 Å². The van der Waals surface area contributed by atoms with Gasteiger partial charge in [-0.2, -0.15) is 0 Å². The maximum absolute atomic E-state index is 11.5. The van der Waals surface area contributed by atoms with E-state index in [0.717, 1.165) is 0 Å². The van der Waals surface area contributed by atoms with Gasteiger partial charge in [0.25, 0.3) is 0 Å². The summed E-state index contributed by atoms with van der Waals surface area (Å²) in [6.45, 7) is 10.1. The van der Waals surface area contributed by atoms with Crippen molar-refractivity contribution in [3.05, 3.63) is 11.8 Å². The topological polar surface area (TPSA) is 55.4 Å². The molecular formula is C12H21NO3. The molecule has 1 N–H and O–H groups in total. The Morgan fingerprint density at radius 2 is 2.00 bits per heavy atom. The Morgan fingerprint density at radius 1 is 1.44 bits per heavy atom. The van der Waals surface area contributed by atoms with Gasteiger partial charge in [-0.3, -0.25) is 4.79 Å². The smallest absolute Gasteiger partial charge is 0.354 e. The highest BCUT2D eigenvalue weighted by atomic mass is 16.5. The summed E-state index contributed by atoms with van der Waals surface area (Å²) in [7, 11) is 0. The number of carbonyl (C=O) groups excluding carboxylic acids is 2. The minimum atomic E-state index is -0.497. The Hall–Kier alpha value is -1.32. The number of nitrogens with one attached hydrogen (secondary N) is 1. The summed E-state index contributed by atoms with van der Waals surface area (Å²) in [6.07, 6.45) is 2.23. The van der Waals surface area contributed by atoms with Crippen LogP contribution in [-0.4, -0.2) is 19.0 Å². The lowest BCUT2D eigenvalue weighted by Gasteiger charge is -2.26. The molecule has 0 unspecified atom stereocenters. The van der Waals surface area contributed by atoms with Gasteiger partial charge in [-0.25, -0.2) is 4.79 Å². The molecule has 0 aromatic carbocycles. The summed E-state index contributed by atoms with van der Waals surface area (Å²) in [5.74, 6) is -0.145.